The monoisotopic (exact) mass is 377 g/mol. The summed E-state index contributed by atoms with van der Waals surface area (Å²) >= 11 is 0. The number of esters is 1. The van der Waals surface area contributed by atoms with E-state index in [-0.39, 0.29) is 19.6 Å². The van der Waals surface area contributed by atoms with E-state index in [1.165, 1.54) is 0 Å². The molecule has 3 rings (SSSR count). The zero-order chi connectivity index (χ0) is 18.6. The van der Waals surface area contributed by atoms with Crippen molar-refractivity contribution in [2.24, 2.45) is 0 Å². The maximum atomic E-state index is 12.5. The quantitative estimate of drug-likeness (QED) is 0.673. The van der Waals surface area contributed by atoms with Crippen LogP contribution in [-0.4, -0.2) is 42.1 Å². The molecule has 0 bridgehead atoms. The Morgan fingerprint density at radius 3 is 2.69 bits per heavy atom. The minimum atomic E-state index is -3.56. The number of benzene rings is 1. The number of hydrogen-bond acceptors (Lipinski definition) is 5. The molecule has 1 aromatic heterocycles. The van der Waals surface area contributed by atoms with Gasteiger partial charge in [-0.1, -0.05) is 18.2 Å². The van der Waals surface area contributed by atoms with E-state index in [1.54, 1.807) is 17.8 Å². The highest BCUT2D eigenvalue weighted by molar-refractivity contribution is 7.91. The molecule has 1 fully saturated rings. The second-order valence-electron chi connectivity index (χ2n) is 6.44. The maximum Gasteiger partial charge on any atom is 0.307 e. The van der Waals surface area contributed by atoms with Crippen LogP contribution in [-0.2, 0) is 26.0 Å². The van der Waals surface area contributed by atoms with Crippen molar-refractivity contribution < 1.29 is 17.9 Å². The minimum Gasteiger partial charge on any atom is -0.466 e. The standard InChI is InChI=1S/C18H23N3O4S/c1-2-25-17(22)12-18(9-10-18)26(23,24)20-11-8-15-13-19-21(14-15)16-6-4-3-5-7-16/h3-7,13-14,20H,2,8-12H2,1H3. The van der Waals surface area contributed by atoms with Crippen LogP contribution in [0.1, 0.15) is 31.7 Å². The molecule has 0 atom stereocenters. The zero-order valence-corrected chi connectivity index (χ0v) is 15.5. The number of sulfonamides is 1. The van der Waals surface area contributed by atoms with Gasteiger partial charge in [0, 0.05) is 12.7 Å². The van der Waals surface area contributed by atoms with E-state index in [0.717, 1.165) is 11.3 Å². The Hall–Kier alpha value is -2.19. The third kappa shape index (κ3) is 4.13. The number of carbonyl (C=O) groups is 1. The van der Waals surface area contributed by atoms with Gasteiger partial charge in [-0.15, -0.1) is 0 Å². The molecule has 0 aliphatic heterocycles. The van der Waals surface area contributed by atoms with Gasteiger partial charge in [0.25, 0.3) is 0 Å². The molecule has 1 saturated carbocycles. The Morgan fingerprint density at radius 2 is 2.04 bits per heavy atom. The van der Waals surface area contributed by atoms with Gasteiger partial charge in [-0.05, 0) is 43.9 Å². The topological polar surface area (TPSA) is 90.3 Å². The molecule has 1 aromatic carbocycles. The molecular formula is C18H23N3O4S. The highest BCUT2D eigenvalue weighted by atomic mass is 32.2. The lowest BCUT2D eigenvalue weighted by Crippen LogP contribution is -2.38. The highest BCUT2D eigenvalue weighted by Gasteiger charge is 2.55. The molecule has 1 aliphatic rings. The van der Waals surface area contributed by atoms with Crippen LogP contribution < -0.4 is 4.72 Å². The van der Waals surface area contributed by atoms with Crippen molar-refractivity contribution in [3.8, 4) is 5.69 Å². The number of aromatic nitrogens is 2. The van der Waals surface area contributed by atoms with Crippen LogP contribution in [0.5, 0.6) is 0 Å². The fraction of sp³-hybridized carbons (Fsp3) is 0.444. The molecule has 0 spiro atoms. The molecule has 0 amide bonds. The predicted molar refractivity (Wildman–Crippen MR) is 97.4 cm³/mol. The van der Waals surface area contributed by atoms with Gasteiger partial charge in [-0.25, -0.2) is 17.8 Å². The highest BCUT2D eigenvalue weighted by Crippen LogP contribution is 2.46. The van der Waals surface area contributed by atoms with Gasteiger partial charge in [0.1, 0.15) is 0 Å². The average Bonchev–Trinajstić information content (AvgIpc) is 3.25. The summed E-state index contributed by atoms with van der Waals surface area (Å²) in [7, 11) is -3.56. The molecule has 1 N–H and O–H groups in total. The molecule has 0 radical (unpaired) electrons. The smallest absolute Gasteiger partial charge is 0.307 e. The van der Waals surface area contributed by atoms with Crippen LogP contribution in [0.2, 0.25) is 0 Å². The number of para-hydroxylation sites is 1. The van der Waals surface area contributed by atoms with Crippen molar-refractivity contribution in [1.29, 1.82) is 0 Å². The molecular weight excluding hydrogens is 354 g/mol. The Kier molecular flexibility index (Phi) is 5.43. The summed E-state index contributed by atoms with van der Waals surface area (Å²) in [6.07, 6.45) is 5.05. The van der Waals surface area contributed by atoms with Crippen LogP contribution >= 0.6 is 0 Å². The number of hydrogen-bond donors (Lipinski definition) is 1. The molecule has 0 saturated heterocycles. The van der Waals surface area contributed by atoms with Gasteiger partial charge < -0.3 is 4.74 Å². The molecule has 0 unspecified atom stereocenters. The summed E-state index contributed by atoms with van der Waals surface area (Å²) < 4.78 is 33.4. The van der Waals surface area contributed by atoms with E-state index in [9.17, 15) is 13.2 Å². The average molecular weight is 377 g/mol. The molecule has 140 valence electrons. The third-order valence-corrected chi connectivity index (χ3v) is 6.79. The van der Waals surface area contributed by atoms with Crippen molar-refractivity contribution in [2.45, 2.75) is 37.4 Å². The van der Waals surface area contributed by atoms with Gasteiger partial charge in [0.15, 0.2) is 0 Å². The first-order chi connectivity index (χ1) is 12.5. The zero-order valence-electron chi connectivity index (χ0n) is 14.7. The maximum absolute atomic E-state index is 12.5. The number of nitrogens with zero attached hydrogens (tertiary/aromatic N) is 2. The first-order valence-corrected chi connectivity index (χ1v) is 10.2. The first-order valence-electron chi connectivity index (χ1n) is 8.69. The first kappa shape index (κ1) is 18.6. The van der Waals surface area contributed by atoms with Crippen molar-refractivity contribution in [3.05, 3.63) is 48.3 Å². The summed E-state index contributed by atoms with van der Waals surface area (Å²) in [4.78, 5) is 11.7. The lowest BCUT2D eigenvalue weighted by Gasteiger charge is -2.16. The van der Waals surface area contributed by atoms with E-state index < -0.39 is 20.7 Å². The largest absolute Gasteiger partial charge is 0.466 e. The minimum absolute atomic E-state index is 0.0812. The number of carbonyl (C=O) groups excluding carboxylic acids is 1. The molecule has 1 aliphatic carbocycles. The summed E-state index contributed by atoms with van der Waals surface area (Å²) in [6.45, 7) is 2.24. The van der Waals surface area contributed by atoms with Crippen LogP contribution in [0.25, 0.3) is 5.69 Å². The Morgan fingerprint density at radius 1 is 1.31 bits per heavy atom. The van der Waals surface area contributed by atoms with E-state index >= 15 is 0 Å². The fourth-order valence-electron chi connectivity index (χ4n) is 2.85. The summed E-state index contributed by atoms with van der Waals surface area (Å²) in [6, 6.07) is 9.71. The molecule has 7 nitrogen and oxygen atoms in total. The number of ether oxygens (including phenoxy) is 1. The van der Waals surface area contributed by atoms with Crippen molar-refractivity contribution in [1.82, 2.24) is 14.5 Å². The van der Waals surface area contributed by atoms with Crippen molar-refractivity contribution >= 4 is 16.0 Å². The summed E-state index contributed by atoms with van der Waals surface area (Å²) in [5, 5.41) is 4.30. The Balaban J connectivity index is 1.55. The normalized spacial score (nSPS) is 15.6. The lowest BCUT2D eigenvalue weighted by molar-refractivity contribution is -0.143. The van der Waals surface area contributed by atoms with E-state index in [1.807, 2.05) is 36.5 Å². The SMILES string of the molecule is CCOC(=O)CC1(S(=O)(=O)NCCc2cnn(-c3ccccc3)c2)CC1. The number of nitrogens with one attached hydrogen (secondary N) is 1. The van der Waals surface area contributed by atoms with Crippen LogP contribution in [0, 0.1) is 0 Å². The fourth-order valence-corrected chi connectivity index (χ4v) is 4.47. The van der Waals surface area contributed by atoms with Gasteiger partial charge in [-0.2, -0.15) is 5.10 Å². The van der Waals surface area contributed by atoms with Gasteiger partial charge >= 0.3 is 5.97 Å². The molecule has 8 heteroatoms. The van der Waals surface area contributed by atoms with Crippen LogP contribution in [0.3, 0.4) is 0 Å². The van der Waals surface area contributed by atoms with Gasteiger partial charge in [-0.3, -0.25) is 4.79 Å². The Bertz CT molecular complexity index is 858. The van der Waals surface area contributed by atoms with Crippen LogP contribution in [0.4, 0.5) is 0 Å². The lowest BCUT2D eigenvalue weighted by atomic mass is 10.2. The second-order valence-corrected chi connectivity index (χ2v) is 8.60. The Labute approximate surface area is 153 Å². The molecule has 26 heavy (non-hydrogen) atoms. The van der Waals surface area contributed by atoms with Gasteiger partial charge in [0.2, 0.25) is 10.0 Å². The molecule has 1 heterocycles. The predicted octanol–water partition coefficient (Wildman–Crippen LogP) is 1.82. The summed E-state index contributed by atoms with van der Waals surface area (Å²) in [5.74, 6) is -0.459. The summed E-state index contributed by atoms with van der Waals surface area (Å²) in [5.41, 5.74) is 1.89. The third-order valence-electron chi connectivity index (χ3n) is 4.51. The molecule has 2 aromatic rings. The van der Waals surface area contributed by atoms with E-state index in [2.05, 4.69) is 9.82 Å². The number of rotatable bonds is 9. The van der Waals surface area contributed by atoms with Crippen LogP contribution in [0.15, 0.2) is 42.7 Å². The second kappa shape index (κ2) is 7.59. The van der Waals surface area contributed by atoms with E-state index in [4.69, 9.17) is 4.74 Å². The van der Waals surface area contributed by atoms with Crippen molar-refractivity contribution in [2.75, 3.05) is 13.2 Å². The van der Waals surface area contributed by atoms with Crippen molar-refractivity contribution in [3.63, 3.8) is 0 Å². The van der Waals surface area contributed by atoms with Gasteiger partial charge in [0.05, 0.1) is 29.7 Å². The van der Waals surface area contributed by atoms with E-state index in [0.29, 0.717) is 19.3 Å².